The molecule has 170 valence electrons. The summed E-state index contributed by atoms with van der Waals surface area (Å²) in [6.45, 7) is 11.6. The van der Waals surface area contributed by atoms with E-state index < -0.39 is 5.41 Å². The van der Waals surface area contributed by atoms with Gasteiger partial charge in [-0.05, 0) is 53.5 Å². The summed E-state index contributed by atoms with van der Waals surface area (Å²) in [5.41, 5.74) is 2.78. The van der Waals surface area contributed by atoms with Crippen molar-refractivity contribution in [1.82, 2.24) is 15.2 Å². The first kappa shape index (κ1) is 23.7. The van der Waals surface area contributed by atoms with Crippen LogP contribution in [-0.4, -0.2) is 41.3 Å². The van der Waals surface area contributed by atoms with E-state index >= 15 is 0 Å². The maximum absolute atomic E-state index is 13.3. The molecule has 3 rings (SSSR count). The summed E-state index contributed by atoms with van der Waals surface area (Å²) in [4.78, 5) is 32.0. The number of nitrogens with one attached hydrogen (secondary N) is 1. The predicted molar refractivity (Wildman–Crippen MR) is 129 cm³/mol. The van der Waals surface area contributed by atoms with Crippen molar-refractivity contribution in [3.05, 3.63) is 67.0 Å². The molecule has 0 spiro atoms. The van der Waals surface area contributed by atoms with E-state index in [1.165, 1.54) is 0 Å². The Morgan fingerprint density at radius 3 is 2.44 bits per heavy atom. The lowest BCUT2D eigenvalue weighted by molar-refractivity contribution is -0.141. The van der Waals surface area contributed by atoms with Crippen LogP contribution in [0.25, 0.3) is 11.1 Å². The van der Waals surface area contributed by atoms with E-state index in [0.717, 1.165) is 16.7 Å². The van der Waals surface area contributed by atoms with Crippen molar-refractivity contribution in [2.24, 2.45) is 10.8 Å². The molecule has 0 radical (unpaired) electrons. The Kier molecular flexibility index (Phi) is 7.49. The van der Waals surface area contributed by atoms with E-state index in [1.54, 1.807) is 18.5 Å². The molecule has 5 nitrogen and oxygen atoms in total. The molecular formula is C27H35N3O2. The molecule has 0 bridgehead atoms. The van der Waals surface area contributed by atoms with E-state index in [1.807, 2.05) is 23.1 Å². The third-order valence-electron chi connectivity index (χ3n) is 6.13. The van der Waals surface area contributed by atoms with Gasteiger partial charge >= 0.3 is 0 Å². The molecule has 1 aromatic carbocycles. The minimum absolute atomic E-state index is 0.0413. The van der Waals surface area contributed by atoms with Crippen LogP contribution < -0.4 is 5.32 Å². The zero-order valence-electron chi connectivity index (χ0n) is 19.6. The molecular weight excluding hydrogens is 398 g/mol. The summed E-state index contributed by atoms with van der Waals surface area (Å²) in [5, 5.41) is 3.02. The highest BCUT2D eigenvalue weighted by Crippen LogP contribution is 2.37. The van der Waals surface area contributed by atoms with Gasteiger partial charge in [-0.2, -0.15) is 0 Å². The highest BCUT2D eigenvalue weighted by molar-refractivity contribution is 5.84. The SMILES string of the molecule is C=CCNC(=O)C1(Cc2cccc(-c3ccncc3)c2)CCN(C(=O)CC(C)(C)C)CC1. The average molecular weight is 434 g/mol. The number of benzene rings is 1. The quantitative estimate of drug-likeness (QED) is 0.647. The van der Waals surface area contributed by atoms with Gasteiger partial charge in [-0.25, -0.2) is 0 Å². The van der Waals surface area contributed by atoms with Crippen LogP contribution in [0.4, 0.5) is 0 Å². The number of pyridine rings is 1. The third kappa shape index (κ3) is 6.06. The Bertz CT molecular complexity index is 939. The molecule has 32 heavy (non-hydrogen) atoms. The second kappa shape index (κ2) is 10.1. The second-order valence-electron chi connectivity index (χ2n) is 10.0. The van der Waals surface area contributed by atoms with Crippen LogP contribution in [0, 0.1) is 10.8 Å². The van der Waals surface area contributed by atoms with Gasteiger partial charge in [0.2, 0.25) is 11.8 Å². The van der Waals surface area contributed by atoms with Crippen LogP contribution in [0.1, 0.15) is 45.6 Å². The molecule has 2 amide bonds. The molecule has 1 saturated heterocycles. The molecule has 5 heteroatoms. The summed E-state index contributed by atoms with van der Waals surface area (Å²) in [7, 11) is 0. The van der Waals surface area contributed by atoms with E-state index in [4.69, 9.17) is 0 Å². The Morgan fingerprint density at radius 1 is 1.12 bits per heavy atom. The standard InChI is InChI=1S/C27H35N3O2/c1-5-13-29-25(32)27(11-16-30(17-12-27)24(31)20-26(2,3)4)19-21-7-6-8-23(18-21)22-9-14-28-15-10-22/h5-10,14-15,18H,1,11-13,16-17,19-20H2,2-4H3,(H,29,32). The zero-order chi connectivity index (χ0) is 23.2. The molecule has 1 N–H and O–H groups in total. The van der Waals surface area contributed by atoms with Crippen LogP contribution >= 0.6 is 0 Å². The van der Waals surface area contributed by atoms with Gasteiger partial charge in [0.05, 0.1) is 5.41 Å². The number of carbonyl (C=O) groups excluding carboxylic acids is 2. The van der Waals surface area contributed by atoms with Crippen molar-refractivity contribution in [3.63, 3.8) is 0 Å². The zero-order valence-corrected chi connectivity index (χ0v) is 19.6. The number of hydrogen-bond donors (Lipinski definition) is 1. The van der Waals surface area contributed by atoms with Gasteiger partial charge in [-0.15, -0.1) is 6.58 Å². The molecule has 1 fully saturated rings. The number of aromatic nitrogens is 1. The monoisotopic (exact) mass is 433 g/mol. The maximum atomic E-state index is 13.3. The molecule has 1 aromatic heterocycles. The number of amides is 2. The molecule has 0 unspecified atom stereocenters. The highest BCUT2D eigenvalue weighted by atomic mass is 16.2. The van der Waals surface area contributed by atoms with Gasteiger partial charge in [0, 0.05) is 38.4 Å². The van der Waals surface area contributed by atoms with Gasteiger partial charge in [-0.3, -0.25) is 14.6 Å². The van der Waals surface area contributed by atoms with Crippen molar-refractivity contribution in [2.45, 2.75) is 46.5 Å². The fourth-order valence-corrected chi connectivity index (χ4v) is 4.38. The Hall–Kier alpha value is -2.95. The minimum atomic E-state index is -0.529. The van der Waals surface area contributed by atoms with Crippen molar-refractivity contribution >= 4 is 11.8 Å². The topological polar surface area (TPSA) is 62.3 Å². The number of piperidine rings is 1. The van der Waals surface area contributed by atoms with E-state index in [-0.39, 0.29) is 17.2 Å². The summed E-state index contributed by atoms with van der Waals surface area (Å²) >= 11 is 0. The fourth-order valence-electron chi connectivity index (χ4n) is 4.38. The Labute approximate surface area is 191 Å². The van der Waals surface area contributed by atoms with Crippen molar-refractivity contribution in [1.29, 1.82) is 0 Å². The molecule has 2 heterocycles. The van der Waals surface area contributed by atoms with Crippen molar-refractivity contribution in [3.8, 4) is 11.1 Å². The predicted octanol–water partition coefficient (Wildman–Crippen LogP) is 4.64. The lowest BCUT2D eigenvalue weighted by Crippen LogP contribution is -2.51. The molecule has 0 atom stereocenters. The largest absolute Gasteiger partial charge is 0.352 e. The Morgan fingerprint density at radius 2 is 1.81 bits per heavy atom. The molecule has 1 aliphatic rings. The van der Waals surface area contributed by atoms with Crippen molar-refractivity contribution in [2.75, 3.05) is 19.6 Å². The van der Waals surface area contributed by atoms with Gasteiger partial charge in [0.1, 0.15) is 0 Å². The summed E-state index contributed by atoms with van der Waals surface area (Å²) in [6.07, 6.45) is 7.77. The first-order valence-corrected chi connectivity index (χ1v) is 11.4. The van der Waals surface area contributed by atoms with Crippen LogP contribution in [0.5, 0.6) is 0 Å². The highest BCUT2D eigenvalue weighted by Gasteiger charge is 2.42. The number of nitrogens with zero attached hydrogens (tertiary/aromatic N) is 2. The summed E-state index contributed by atoms with van der Waals surface area (Å²) in [5.74, 6) is 0.229. The van der Waals surface area contributed by atoms with Crippen LogP contribution in [0.3, 0.4) is 0 Å². The molecule has 1 aliphatic heterocycles. The van der Waals surface area contributed by atoms with Gasteiger partial charge < -0.3 is 10.2 Å². The lowest BCUT2D eigenvalue weighted by Gasteiger charge is -2.41. The first-order valence-electron chi connectivity index (χ1n) is 11.4. The first-order chi connectivity index (χ1) is 15.2. The van der Waals surface area contributed by atoms with Gasteiger partial charge in [-0.1, -0.05) is 51.1 Å². The van der Waals surface area contributed by atoms with Crippen molar-refractivity contribution < 1.29 is 9.59 Å². The van der Waals surface area contributed by atoms with Crippen LogP contribution in [0.2, 0.25) is 0 Å². The number of hydrogen-bond acceptors (Lipinski definition) is 3. The average Bonchev–Trinajstić information content (AvgIpc) is 2.77. The van der Waals surface area contributed by atoms with E-state index in [2.05, 4.69) is 55.9 Å². The number of likely N-dealkylation sites (tertiary alicyclic amines) is 1. The maximum Gasteiger partial charge on any atom is 0.226 e. The smallest absolute Gasteiger partial charge is 0.226 e. The normalized spacial score (nSPS) is 15.8. The van der Waals surface area contributed by atoms with Crippen LogP contribution in [-0.2, 0) is 16.0 Å². The van der Waals surface area contributed by atoms with E-state index in [0.29, 0.717) is 45.3 Å². The van der Waals surface area contributed by atoms with Crippen LogP contribution in [0.15, 0.2) is 61.4 Å². The Balaban J connectivity index is 1.79. The number of carbonyl (C=O) groups is 2. The minimum Gasteiger partial charge on any atom is -0.352 e. The third-order valence-corrected chi connectivity index (χ3v) is 6.13. The summed E-state index contributed by atoms with van der Waals surface area (Å²) in [6, 6.07) is 12.4. The van der Waals surface area contributed by atoms with E-state index in [9.17, 15) is 9.59 Å². The van der Waals surface area contributed by atoms with Gasteiger partial charge in [0.25, 0.3) is 0 Å². The number of rotatable bonds is 7. The molecule has 2 aromatic rings. The molecule has 0 aliphatic carbocycles. The lowest BCUT2D eigenvalue weighted by atomic mass is 9.72. The fraction of sp³-hybridized carbons (Fsp3) is 0.444. The molecule has 0 saturated carbocycles. The second-order valence-corrected chi connectivity index (χ2v) is 10.0. The van der Waals surface area contributed by atoms with Gasteiger partial charge in [0.15, 0.2) is 0 Å². The summed E-state index contributed by atoms with van der Waals surface area (Å²) < 4.78 is 0.